The molecule has 0 amide bonds. The molecule has 1 aromatic carbocycles. The normalized spacial score (nSPS) is 11.9. The summed E-state index contributed by atoms with van der Waals surface area (Å²) in [4.78, 5) is 7.96. The minimum Gasteiger partial charge on any atom is -0.394 e. The molecular weight excluding hydrogens is 256 g/mol. The summed E-state index contributed by atoms with van der Waals surface area (Å²) in [6.07, 6.45) is 0.673. The first-order chi connectivity index (χ1) is 9.71. The Labute approximate surface area is 117 Å². The van der Waals surface area contributed by atoms with Crippen LogP contribution in [-0.4, -0.2) is 27.7 Å². The van der Waals surface area contributed by atoms with Crippen molar-refractivity contribution in [3.63, 3.8) is 0 Å². The number of rotatable bonds is 6. The molecule has 7 heteroatoms. The van der Waals surface area contributed by atoms with Gasteiger partial charge in [-0.2, -0.15) is 9.97 Å². The molecule has 0 bridgehead atoms. The van der Waals surface area contributed by atoms with Crippen molar-refractivity contribution in [3.05, 3.63) is 42.0 Å². The molecule has 20 heavy (non-hydrogen) atoms. The number of nitrogens with two attached hydrogens (primary N) is 2. The Morgan fingerprint density at radius 2 is 1.85 bits per heavy atom. The second kappa shape index (κ2) is 6.69. The van der Waals surface area contributed by atoms with E-state index in [1.165, 1.54) is 0 Å². The molecule has 1 atom stereocenters. The highest BCUT2D eigenvalue weighted by atomic mass is 16.3. The summed E-state index contributed by atoms with van der Waals surface area (Å²) in [6.45, 7) is -0.0236. The highest BCUT2D eigenvalue weighted by Crippen LogP contribution is 2.14. The molecule has 0 aliphatic rings. The van der Waals surface area contributed by atoms with Crippen LogP contribution in [0.25, 0.3) is 0 Å². The van der Waals surface area contributed by atoms with E-state index in [1.54, 1.807) is 6.07 Å². The standard InChI is InChI=1S/C13H18N6O/c14-13-17-11(7-12(18-13)19-15)16-10(8-20)6-9-4-2-1-3-5-9/h1-5,7,10,20H,6,8,15H2,(H4,14,16,17,18,19). The SMILES string of the molecule is NNc1cc(NC(CO)Cc2ccccc2)nc(N)n1. The Kier molecular flexibility index (Phi) is 4.70. The largest absolute Gasteiger partial charge is 0.394 e. The van der Waals surface area contributed by atoms with E-state index in [0.29, 0.717) is 18.1 Å². The van der Waals surface area contributed by atoms with Crippen LogP contribution in [0.2, 0.25) is 0 Å². The number of nitrogens with one attached hydrogen (secondary N) is 2. The number of nitrogen functional groups attached to an aromatic ring is 2. The Morgan fingerprint density at radius 1 is 1.15 bits per heavy atom. The Hall–Kier alpha value is -2.38. The molecule has 2 rings (SSSR count). The summed E-state index contributed by atoms with van der Waals surface area (Å²) >= 11 is 0. The molecule has 0 aliphatic heterocycles. The van der Waals surface area contributed by atoms with Crippen LogP contribution in [0.5, 0.6) is 0 Å². The van der Waals surface area contributed by atoms with Gasteiger partial charge in [0.1, 0.15) is 11.6 Å². The fourth-order valence-corrected chi connectivity index (χ4v) is 1.88. The maximum atomic E-state index is 9.47. The van der Waals surface area contributed by atoms with Gasteiger partial charge in [0.15, 0.2) is 0 Å². The number of nitrogens with zero attached hydrogens (tertiary/aromatic N) is 2. The van der Waals surface area contributed by atoms with Crippen LogP contribution < -0.4 is 22.3 Å². The lowest BCUT2D eigenvalue weighted by atomic mass is 10.1. The van der Waals surface area contributed by atoms with Crippen molar-refractivity contribution in [2.45, 2.75) is 12.5 Å². The highest BCUT2D eigenvalue weighted by Gasteiger charge is 2.10. The lowest BCUT2D eigenvalue weighted by Gasteiger charge is -2.17. The highest BCUT2D eigenvalue weighted by molar-refractivity contribution is 5.51. The zero-order chi connectivity index (χ0) is 14.4. The monoisotopic (exact) mass is 274 g/mol. The summed E-state index contributed by atoms with van der Waals surface area (Å²) in [5, 5.41) is 12.6. The summed E-state index contributed by atoms with van der Waals surface area (Å²) in [5.41, 5.74) is 9.12. The first-order valence-electron chi connectivity index (χ1n) is 6.23. The summed E-state index contributed by atoms with van der Waals surface area (Å²) in [6, 6.07) is 11.3. The van der Waals surface area contributed by atoms with Gasteiger partial charge in [0.25, 0.3) is 0 Å². The van der Waals surface area contributed by atoms with Gasteiger partial charge in [0.05, 0.1) is 12.6 Å². The van der Waals surface area contributed by atoms with Crippen LogP contribution in [0, 0.1) is 0 Å². The zero-order valence-corrected chi connectivity index (χ0v) is 11.0. The summed E-state index contributed by atoms with van der Waals surface area (Å²) < 4.78 is 0. The Morgan fingerprint density at radius 3 is 2.50 bits per heavy atom. The molecule has 0 saturated carbocycles. The molecule has 7 N–H and O–H groups in total. The van der Waals surface area contributed by atoms with Crippen molar-refractivity contribution in [2.24, 2.45) is 5.84 Å². The molecule has 106 valence electrons. The second-order valence-corrected chi connectivity index (χ2v) is 4.35. The van der Waals surface area contributed by atoms with Crippen LogP contribution in [0.3, 0.4) is 0 Å². The van der Waals surface area contributed by atoms with Crippen molar-refractivity contribution >= 4 is 17.6 Å². The number of hydrogen-bond acceptors (Lipinski definition) is 7. The van der Waals surface area contributed by atoms with E-state index in [1.807, 2.05) is 30.3 Å². The van der Waals surface area contributed by atoms with Crippen LogP contribution >= 0.6 is 0 Å². The first-order valence-corrected chi connectivity index (χ1v) is 6.23. The van der Waals surface area contributed by atoms with Crippen LogP contribution in [0.4, 0.5) is 17.6 Å². The van der Waals surface area contributed by atoms with Gasteiger partial charge >= 0.3 is 0 Å². The number of benzene rings is 1. The molecular formula is C13H18N6O. The number of aromatic nitrogens is 2. The third-order valence-corrected chi connectivity index (χ3v) is 2.79. The zero-order valence-electron chi connectivity index (χ0n) is 11.0. The third-order valence-electron chi connectivity index (χ3n) is 2.79. The third kappa shape index (κ3) is 3.81. The lowest BCUT2D eigenvalue weighted by Crippen LogP contribution is -2.27. The number of hydrazine groups is 1. The van der Waals surface area contributed by atoms with Gasteiger partial charge in [-0.3, -0.25) is 0 Å². The van der Waals surface area contributed by atoms with Crippen molar-refractivity contribution in [2.75, 3.05) is 23.1 Å². The predicted octanol–water partition coefficient (Wildman–Crippen LogP) is 0.360. The van der Waals surface area contributed by atoms with E-state index >= 15 is 0 Å². The van der Waals surface area contributed by atoms with E-state index in [0.717, 1.165) is 5.56 Å². The van der Waals surface area contributed by atoms with Crippen LogP contribution in [0.15, 0.2) is 36.4 Å². The van der Waals surface area contributed by atoms with Crippen molar-refractivity contribution < 1.29 is 5.11 Å². The number of hydrogen-bond donors (Lipinski definition) is 5. The Balaban J connectivity index is 2.08. The van der Waals surface area contributed by atoms with E-state index in [9.17, 15) is 5.11 Å². The number of anilines is 3. The first kappa shape index (κ1) is 14.0. The summed E-state index contributed by atoms with van der Waals surface area (Å²) in [5.74, 6) is 6.34. The molecule has 1 heterocycles. The predicted molar refractivity (Wildman–Crippen MR) is 78.9 cm³/mol. The average molecular weight is 274 g/mol. The van der Waals surface area contributed by atoms with Crippen molar-refractivity contribution in [1.82, 2.24) is 9.97 Å². The minimum absolute atomic E-state index is 0.0236. The molecule has 0 spiro atoms. The van der Waals surface area contributed by atoms with Gasteiger partial charge in [-0.15, -0.1) is 0 Å². The van der Waals surface area contributed by atoms with Gasteiger partial charge < -0.3 is 21.6 Å². The Bertz CT molecular complexity index is 548. The molecule has 0 fully saturated rings. The molecule has 1 unspecified atom stereocenters. The van der Waals surface area contributed by atoms with Gasteiger partial charge in [0, 0.05) is 6.07 Å². The van der Waals surface area contributed by atoms with E-state index in [-0.39, 0.29) is 18.6 Å². The van der Waals surface area contributed by atoms with Gasteiger partial charge in [-0.1, -0.05) is 30.3 Å². The fourth-order valence-electron chi connectivity index (χ4n) is 1.88. The molecule has 2 aromatic rings. The molecule has 0 aliphatic carbocycles. The molecule has 7 nitrogen and oxygen atoms in total. The maximum absolute atomic E-state index is 9.47. The van der Waals surface area contributed by atoms with Crippen molar-refractivity contribution in [3.8, 4) is 0 Å². The summed E-state index contributed by atoms with van der Waals surface area (Å²) in [7, 11) is 0. The van der Waals surface area contributed by atoms with Crippen molar-refractivity contribution in [1.29, 1.82) is 0 Å². The van der Waals surface area contributed by atoms with Gasteiger partial charge in [-0.05, 0) is 12.0 Å². The van der Waals surface area contributed by atoms with E-state index in [4.69, 9.17) is 11.6 Å². The van der Waals surface area contributed by atoms with Gasteiger partial charge in [-0.25, -0.2) is 5.84 Å². The van der Waals surface area contributed by atoms with Crippen LogP contribution in [0.1, 0.15) is 5.56 Å². The van der Waals surface area contributed by atoms with E-state index in [2.05, 4.69) is 20.7 Å². The topological polar surface area (TPSA) is 122 Å². The van der Waals surface area contributed by atoms with Crippen LogP contribution in [-0.2, 0) is 6.42 Å². The minimum atomic E-state index is -0.169. The lowest BCUT2D eigenvalue weighted by molar-refractivity contribution is 0.273. The second-order valence-electron chi connectivity index (χ2n) is 4.35. The molecule has 1 aromatic heterocycles. The van der Waals surface area contributed by atoms with Gasteiger partial charge in [0.2, 0.25) is 5.95 Å². The van der Waals surface area contributed by atoms with E-state index < -0.39 is 0 Å². The number of aliphatic hydroxyl groups excluding tert-OH is 1. The molecule has 0 saturated heterocycles. The maximum Gasteiger partial charge on any atom is 0.223 e. The smallest absolute Gasteiger partial charge is 0.223 e. The quantitative estimate of drug-likeness (QED) is 0.381. The molecule has 0 radical (unpaired) electrons. The average Bonchev–Trinajstić information content (AvgIpc) is 2.47. The number of aliphatic hydroxyl groups is 1. The fraction of sp³-hybridized carbons (Fsp3) is 0.231.